The van der Waals surface area contributed by atoms with Crippen LogP contribution in [0.5, 0.6) is 0 Å². The van der Waals surface area contributed by atoms with E-state index in [1.54, 1.807) is 18.4 Å². The summed E-state index contributed by atoms with van der Waals surface area (Å²) in [5.74, 6) is 0.827. The van der Waals surface area contributed by atoms with Crippen molar-refractivity contribution in [1.82, 2.24) is 4.98 Å². The topological polar surface area (TPSA) is 51.2 Å². The van der Waals surface area contributed by atoms with Gasteiger partial charge in [0.25, 0.3) is 0 Å². The van der Waals surface area contributed by atoms with E-state index < -0.39 is 0 Å². The van der Waals surface area contributed by atoms with Crippen LogP contribution in [-0.2, 0) is 22.4 Å². The first-order chi connectivity index (χ1) is 9.22. The Labute approximate surface area is 118 Å². The maximum absolute atomic E-state index is 11.7. The van der Waals surface area contributed by atoms with Gasteiger partial charge in [0.1, 0.15) is 0 Å². The molecule has 1 unspecified atom stereocenters. The molecule has 1 N–H and O–H groups in total. The van der Waals surface area contributed by atoms with Crippen LogP contribution in [0.4, 0.5) is 5.13 Å². The number of ether oxygens (including phenoxy) is 1. The van der Waals surface area contributed by atoms with E-state index in [1.807, 2.05) is 0 Å². The lowest BCUT2D eigenvalue weighted by Crippen LogP contribution is -2.12. The van der Waals surface area contributed by atoms with Crippen molar-refractivity contribution >= 4 is 22.4 Å². The van der Waals surface area contributed by atoms with E-state index in [4.69, 9.17) is 4.74 Å². The van der Waals surface area contributed by atoms with Crippen LogP contribution in [0, 0.1) is 5.92 Å². The van der Waals surface area contributed by atoms with Gasteiger partial charge in [0.2, 0.25) is 5.91 Å². The van der Waals surface area contributed by atoms with Crippen molar-refractivity contribution in [2.45, 2.75) is 45.4 Å². The summed E-state index contributed by atoms with van der Waals surface area (Å²) in [7, 11) is 1.65. The highest BCUT2D eigenvalue weighted by Gasteiger charge is 2.21. The minimum absolute atomic E-state index is 0.0372. The molecule has 1 heterocycles. The number of amides is 1. The summed E-state index contributed by atoms with van der Waals surface area (Å²) < 4.78 is 4.94. The number of aryl methyl sites for hydroxylation is 1. The molecule has 1 aromatic heterocycles. The highest BCUT2D eigenvalue weighted by Crippen LogP contribution is 2.33. The third kappa shape index (κ3) is 4.01. The number of hydrogen-bond donors (Lipinski definition) is 1. The summed E-state index contributed by atoms with van der Waals surface area (Å²) in [5.41, 5.74) is 1.20. The standard InChI is InChI=1S/C14H22N2O2S/c1-3-10-6-7-11-12(9-10)19-14(15-11)16-13(17)5-4-8-18-2/h10H,3-9H2,1-2H3,(H,15,16,17). The van der Waals surface area contributed by atoms with Gasteiger partial charge in [-0.15, -0.1) is 11.3 Å². The predicted molar refractivity (Wildman–Crippen MR) is 77.7 cm³/mol. The number of thiazole rings is 1. The van der Waals surface area contributed by atoms with Gasteiger partial charge < -0.3 is 10.1 Å². The number of nitrogens with one attached hydrogen (secondary N) is 1. The molecule has 0 aromatic carbocycles. The van der Waals surface area contributed by atoms with Crippen LogP contribution < -0.4 is 5.32 Å². The molecular weight excluding hydrogens is 260 g/mol. The summed E-state index contributed by atoms with van der Waals surface area (Å²) >= 11 is 1.65. The number of fused-ring (bicyclic) bond motifs is 1. The van der Waals surface area contributed by atoms with Crippen LogP contribution in [0.25, 0.3) is 0 Å². The first-order valence-corrected chi connectivity index (χ1v) is 7.82. The number of rotatable bonds is 6. The first-order valence-electron chi connectivity index (χ1n) is 7.00. The lowest BCUT2D eigenvalue weighted by molar-refractivity contribution is -0.116. The molecule has 1 aromatic rings. The Morgan fingerprint density at radius 2 is 2.42 bits per heavy atom. The molecule has 0 saturated heterocycles. The summed E-state index contributed by atoms with van der Waals surface area (Å²) in [6.45, 7) is 2.87. The van der Waals surface area contributed by atoms with Gasteiger partial charge in [-0.3, -0.25) is 4.79 Å². The van der Waals surface area contributed by atoms with E-state index >= 15 is 0 Å². The Morgan fingerprint density at radius 1 is 1.58 bits per heavy atom. The van der Waals surface area contributed by atoms with Crippen LogP contribution in [-0.4, -0.2) is 24.6 Å². The van der Waals surface area contributed by atoms with Gasteiger partial charge in [-0.25, -0.2) is 4.98 Å². The van der Waals surface area contributed by atoms with Gasteiger partial charge in [-0.05, 0) is 31.6 Å². The van der Waals surface area contributed by atoms with Crippen LogP contribution in [0.3, 0.4) is 0 Å². The maximum Gasteiger partial charge on any atom is 0.226 e. The number of carbonyl (C=O) groups is 1. The van der Waals surface area contributed by atoms with Crippen LogP contribution in [0.2, 0.25) is 0 Å². The molecule has 1 atom stereocenters. The van der Waals surface area contributed by atoms with E-state index in [-0.39, 0.29) is 5.91 Å². The van der Waals surface area contributed by atoms with Crippen molar-refractivity contribution in [3.8, 4) is 0 Å². The quantitative estimate of drug-likeness (QED) is 0.816. The first kappa shape index (κ1) is 14.5. The fourth-order valence-corrected chi connectivity index (χ4v) is 3.54. The van der Waals surface area contributed by atoms with E-state index in [1.165, 1.54) is 23.4 Å². The van der Waals surface area contributed by atoms with E-state index in [0.29, 0.717) is 13.0 Å². The molecule has 0 fully saturated rings. The normalized spacial score (nSPS) is 18.1. The monoisotopic (exact) mass is 282 g/mol. The minimum Gasteiger partial charge on any atom is -0.385 e. The Balaban J connectivity index is 1.88. The zero-order valence-electron chi connectivity index (χ0n) is 11.7. The molecule has 1 amide bonds. The fourth-order valence-electron chi connectivity index (χ4n) is 2.40. The van der Waals surface area contributed by atoms with Gasteiger partial charge in [-0.1, -0.05) is 13.3 Å². The smallest absolute Gasteiger partial charge is 0.226 e. The molecule has 0 radical (unpaired) electrons. The Hall–Kier alpha value is -0.940. The molecule has 5 heteroatoms. The molecule has 1 aliphatic carbocycles. The van der Waals surface area contributed by atoms with E-state index in [2.05, 4.69) is 17.2 Å². The molecule has 0 saturated carbocycles. The number of hydrogen-bond acceptors (Lipinski definition) is 4. The van der Waals surface area contributed by atoms with Gasteiger partial charge in [-0.2, -0.15) is 0 Å². The summed E-state index contributed by atoms with van der Waals surface area (Å²) in [6.07, 6.45) is 5.90. The second-order valence-electron chi connectivity index (χ2n) is 5.05. The Kier molecular flexibility index (Phi) is 5.34. The molecule has 4 nitrogen and oxygen atoms in total. The highest BCUT2D eigenvalue weighted by molar-refractivity contribution is 7.15. The molecule has 1 aliphatic rings. The Bertz CT molecular complexity index is 431. The average Bonchev–Trinajstić information content (AvgIpc) is 2.79. The fraction of sp³-hybridized carbons (Fsp3) is 0.714. The lowest BCUT2D eigenvalue weighted by atomic mass is 9.89. The molecular formula is C14H22N2O2S. The second kappa shape index (κ2) is 7.01. The van der Waals surface area contributed by atoms with Crippen molar-refractivity contribution in [2.75, 3.05) is 19.0 Å². The third-order valence-corrected chi connectivity index (χ3v) is 4.65. The van der Waals surface area contributed by atoms with Crippen molar-refractivity contribution in [3.63, 3.8) is 0 Å². The minimum atomic E-state index is 0.0372. The number of anilines is 1. The largest absolute Gasteiger partial charge is 0.385 e. The van der Waals surface area contributed by atoms with Gasteiger partial charge in [0, 0.05) is 25.0 Å². The molecule has 106 valence electrons. The lowest BCUT2D eigenvalue weighted by Gasteiger charge is -2.18. The van der Waals surface area contributed by atoms with Crippen LogP contribution in [0.1, 0.15) is 43.2 Å². The molecule has 0 bridgehead atoms. The summed E-state index contributed by atoms with van der Waals surface area (Å²) in [5, 5.41) is 3.67. The van der Waals surface area contributed by atoms with Gasteiger partial charge >= 0.3 is 0 Å². The Morgan fingerprint density at radius 3 is 3.16 bits per heavy atom. The van der Waals surface area contributed by atoms with E-state index in [9.17, 15) is 4.79 Å². The van der Waals surface area contributed by atoms with E-state index in [0.717, 1.165) is 30.3 Å². The summed E-state index contributed by atoms with van der Waals surface area (Å²) in [4.78, 5) is 17.6. The van der Waals surface area contributed by atoms with Gasteiger partial charge in [0.05, 0.1) is 5.69 Å². The van der Waals surface area contributed by atoms with Crippen LogP contribution in [0.15, 0.2) is 0 Å². The zero-order chi connectivity index (χ0) is 13.7. The third-order valence-electron chi connectivity index (χ3n) is 3.62. The molecule has 19 heavy (non-hydrogen) atoms. The SMILES string of the molecule is CCC1CCc2nc(NC(=O)CCCOC)sc2C1. The second-order valence-corrected chi connectivity index (χ2v) is 6.13. The van der Waals surface area contributed by atoms with Gasteiger partial charge in [0.15, 0.2) is 5.13 Å². The number of nitrogens with zero attached hydrogens (tertiary/aromatic N) is 1. The molecule has 0 spiro atoms. The van der Waals surface area contributed by atoms with Crippen molar-refractivity contribution < 1.29 is 9.53 Å². The van der Waals surface area contributed by atoms with Crippen molar-refractivity contribution in [2.24, 2.45) is 5.92 Å². The molecule has 2 rings (SSSR count). The number of carbonyl (C=O) groups excluding carboxylic acids is 1. The molecule has 0 aliphatic heterocycles. The van der Waals surface area contributed by atoms with Crippen molar-refractivity contribution in [1.29, 1.82) is 0 Å². The summed E-state index contributed by atoms with van der Waals surface area (Å²) in [6, 6.07) is 0. The zero-order valence-corrected chi connectivity index (χ0v) is 12.5. The number of methoxy groups -OCH3 is 1. The number of aromatic nitrogens is 1. The predicted octanol–water partition coefficient (Wildman–Crippen LogP) is 3.02. The van der Waals surface area contributed by atoms with Crippen molar-refractivity contribution in [3.05, 3.63) is 10.6 Å². The average molecular weight is 282 g/mol. The highest BCUT2D eigenvalue weighted by atomic mass is 32.1. The maximum atomic E-state index is 11.7. The van der Waals surface area contributed by atoms with Crippen LogP contribution >= 0.6 is 11.3 Å².